The van der Waals surface area contributed by atoms with Crippen molar-refractivity contribution < 1.29 is 22.7 Å². The first-order chi connectivity index (χ1) is 12.3. The van der Waals surface area contributed by atoms with E-state index in [-0.39, 0.29) is 11.7 Å². The van der Waals surface area contributed by atoms with Gasteiger partial charge in [0, 0.05) is 24.4 Å². The fourth-order valence-corrected chi connectivity index (χ4v) is 2.90. The van der Waals surface area contributed by atoms with Crippen molar-refractivity contribution in [3.63, 3.8) is 0 Å². The summed E-state index contributed by atoms with van der Waals surface area (Å²) in [6, 6.07) is 6.13. The van der Waals surface area contributed by atoms with Crippen molar-refractivity contribution in [3.05, 3.63) is 53.5 Å². The molecule has 0 radical (unpaired) electrons. The second kappa shape index (κ2) is 7.31. The molecule has 0 spiro atoms. The summed E-state index contributed by atoms with van der Waals surface area (Å²) in [7, 11) is 0. The molecule has 2 aromatic rings. The maximum Gasteiger partial charge on any atom is 0.416 e. The summed E-state index contributed by atoms with van der Waals surface area (Å²) in [5, 5.41) is 0. The monoisotopic (exact) mass is 365 g/mol. The van der Waals surface area contributed by atoms with Crippen LogP contribution in [0.1, 0.15) is 34.6 Å². The maximum absolute atomic E-state index is 12.9. The molecular weight excluding hydrogens is 347 g/mol. The molecule has 1 atom stereocenters. The van der Waals surface area contributed by atoms with E-state index in [1.165, 1.54) is 17.0 Å². The van der Waals surface area contributed by atoms with Gasteiger partial charge in [0.2, 0.25) is 5.88 Å². The Morgan fingerprint density at radius 3 is 2.85 bits per heavy atom. The van der Waals surface area contributed by atoms with Gasteiger partial charge in [-0.2, -0.15) is 18.2 Å². The smallest absolute Gasteiger partial charge is 0.416 e. The Kier molecular flexibility index (Phi) is 5.11. The van der Waals surface area contributed by atoms with Crippen LogP contribution in [-0.2, 0) is 6.18 Å². The summed E-state index contributed by atoms with van der Waals surface area (Å²) < 4.78 is 44.4. The summed E-state index contributed by atoms with van der Waals surface area (Å²) in [5.74, 6) is 0.578. The van der Waals surface area contributed by atoms with Gasteiger partial charge in [0.25, 0.3) is 5.91 Å². The third-order valence-corrected chi connectivity index (χ3v) is 4.14. The Bertz CT molecular complexity index is 795. The lowest BCUT2D eigenvalue weighted by molar-refractivity contribution is -0.137. The van der Waals surface area contributed by atoms with Crippen LogP contribution >= 0.6 is 0 Å². The fourth-order valence-electron chi connectivity index (χ4n) is 2.90. The Morgan fingerprint density at radius 1 is 1.31 bits per heavy atom. The summed E-state index contributed by atoms with van der Waals surface area (Å²) in [5.41, 5.74) is -0.803. The number of nitrogens with zero attached hydrogens (tertiary/aromatic N) is 3. The highest BCUT2D eigenvalue weighted by Gasteiger charge is 2.32. The molecule has 1 saturated heterocycles. The van der Waals surface area contributed by atoms with E-state index in [9.17, 15) is 18.0 Å². The molecule has 0 N–H and O–H groups in total. The summed E-state index contributed by atoms with van der Waals surface area (Å²) in [6.45, 7) is 2.53. The molecule has 1 aromatic heterocycles. The molecule has 2 heterocycles. The van der Waals surface area contributed by atoms with E-state index in [1.807, 2.05) is 0 Å². The number of ether oxygens (including phenoxy) is 1. The molecule has 1 aliphatic rings. The number of amides is 1. The standard InChI is InChI=1S/C18H18F3N3O2/c1-12-22-8-7-16(23-12)26-15-6-3-9-24(11-15)17(25)13-4-2-5-14(10-13)18(19,20)21/h2,4-5,7-8,10,15H,3,6,9,11H2,1H3. The first-order valence-electron chi connectivity index (χ1n) is 8.26. The van der Waals surface area contributed by atoms with Crippen molar-refractivity contribution >= 4 is 5.91 Å². The minimum atomic E-state index is -4.48. The predicted octanol–water partition coefficient (Wildman–Crippen LogP) is 3.49. The highest BCUT2D eigenvalue weighted by Crippen LogP contribution is 2.30. The first kappa shape index (κ1) is 18.2. The number of alkyl halides is 3. The molecule has 8 heteroatoms. The van der Waals surface area contributed by atoms with E-state index in [1.54, 1.807) is 19.2 Å². The number of likely N-dealkylation sites (tertiary alicyclic amines) is 1. The van der Waals surface area contributed by atoms with Crippen LogP contribution < -0.4 is 4.74 Å². The largest absolute Gasteiger partial charge is 0.472 e. The minimum Gasteiger partial charge on any atom is -0.472 e. The second-order valence-corrected chi connectivity index (χ2v) is 6.15. The van der Waals surface area contributed by atoms with Gasteiger partial charge in [-0.1, -0.05) is 6.07 Å². The third-order valence-electron chi connectivity index (χ3n) is 4.14. The van der Waals surface area contributed by atoms with Gasteiger partial charge < -0.3 is 9.64 Å². The zero-order valence-electron chi connectivity index (χ0n) is 14.2. The highest BCUT2D eigenvalue weighted by atomic mass is 19.4. The van der Waals surface area contributed by atoms with E-state index in [0.29, 0.717) is 31.2 Å². The van der Waals surface area contributed by atoms with Crippen molar-refractivity contribution in [1.82, 2.24) is 14.9 Å². The van der Waals surface area contributed by atoms with E-state index in [0.717, 1.165) is 18.6 Å². The van der Waals surface area contributed by atoms with Gasteiger partial charge in [-0.15, -0.1) is 0 Å². The van der Waals surface area contributed by atoms with Gasteiger partial charge in [-0.3, -0.25) is 4.79 Å². The van der Waals surface area contributed by atoms with Crippen LogP contribution in [0.5, 0.6) is 5.88 Å². The molecule has 1 aliphatic heterocycles. The van der Waals surface area contributed by atoms with E-state index >= 15 is 0 Å². The van der Waals surface area contributed by atoms with Crippen LogP contribution in [0.2, 0.25) is 0 Å². The molecule has 26 heavy (non-hydrogen) atoms. The summed E-state index contributed by atoms with van der Waals surface area (Å²) in [4.78, 5) is 22.3. The Hall–Kier alpha value is -2.64. The van der Waals surface area contributed by atoms with E-state index < -0.39 is 17.6 Å². The zero-order chi connectivity index (χ0) is 18.7. The van der Waals surface area contributed by atoms with E-state index in [4.69, 9.17) is 4.74 Å². The van der Waals surface area contributed by atoms with Crippen LogP contribution in [0, 0.1) is 6.92 Å². The molecule has 0 saturated carbocycles. The van der Waals surface area contributed by atoms with Gasteiger partial charge in [-0.25, -0.2) is 4.98 Å². The lowest BCUT2D eigenvalue weighted by Gasteiger charge is -2.32. The van der Waals surface area contributed by atoms with Crippen molar-refractivity contribution in [2.45, 2.75) is 32.0 Å². The number of halogens is 3. The van der Waals surface area contributed by atoms with Gasteiger partial charge >= 0.3 is 6.18 Å². The Labute approximate surface area is 148 Å². The quantitative estimate of drug-likeness (QED) is 0.836. The number of hydrogen-bond donors (Lipinski definition) is 0. The number of carbonyl (C=O) groups excluding carboxylic acids is 1. The van der Waals surface area contributed by atoms with Crippen LogP contribution in [0.3, 0.4) is 0 Å². The first-order valence-corrected chi connectivity index (χ1v) is 8.26. The molecule has 3 rings (SSSR count). The Morgan fingerprint density at radius 2 is 2.12 bits per heavy atom. The van der Waals surface area contributed by atoms with Crippen molar-refractivity contribution in [2.75, 3.05) is 13.1 Å². The van der Waals surface area contributed by atoms with Gasteiger partial charge in [0.1, 0.15) is 11.9 Å². The molecule has 0 bridgehead atoms. The van der Waals surface area contributed by atoms with Gasteiger partial charge in [-0.05, 0) is 38.0 Å². The fraction of sp³-hybridized carbons (Fsp3) is 0.389. The van der Waals surface area contributed by atoms with Crippen LogP contribution in [0.25, 0.3) is 0 Å². The molecule has 138 valence electrons. The number of hydrogen-bond acceptors (Lipinski definition) is 4. The molecule has 0 aliphatic carbocycles. The molecule has 1 fully saturated rings. The highest BCUT2D eigenvalue weighted by molar-refractivity contribution is 5.94. The maximum atomic E-state index is 12.9. The normalized spacial score (nSPS) is 17.8. The number of aromatic nitrogens is 2. The lowest BCUT2D eigenvalue weighted by Crippen LogP contribution is -2.44. The number of piperidine rings is 1. The summed E-state index contributed by atoms with van der Waals surface area (Å²) >= 11 is 0. The third kappa shape index (κ3) is 4.30. The van der Waals surface area contributed by atoms with Gasteiger partial charge in [0.15, 0.2) is 0 Å². The average molecular weight is 365 g/mol. The predicted molar refractivity (Wildman–Crippen MR) is 87.8 cm³/mol. The van der Waals surface area contributed by atoms with Crippen LogP contribution in [0.15, 0.2) is 36.5 Å². The lowest BCUT2D eigenvalue weighted by atomic mass is 10.1. The average Bonchev–Trinajstić information content (AvgIpc) is 2.61. The summed E-state index contributed by atoms with van der Waals surface area (Å²) in [6.07, 6.45) is -1.69. The van der Waals surface area contributed by atoms with Crippen LogP contribution in [0.4, 0.5) is 13.2 Å². The molecule has 5 nitrogen and oxygen atoms in total. The molecular formula is C18H18F3N3O2. The Balaban J connectivity index is 1.70. The topological polar surface area (TPSA) is 55.3 Å². The van der Waals surface area contributed by atoms with Crippen molar-refractivity contribution in [1.29, 1.82) is 0 Å². The number of aryl methyl sites for hydroxylation is 1. The van der Waals surface area contributed by atoms with Crippen molar-refractivity contribution in [2.24, 2.45) is 0 Å². The number of rotatable bonds is 3. The van der Waals surface area contributed by atoms with Crippen molar-refractivity contribution in [3.8, 4) is 5.88 Å². The number of carbonyl (C=O) groups is 1. The second-order valence-electron chi connectivity index (χ2n) is 6.15. The van der Waals surface area contributed by atoms with Gasteiger partial charge in [0.05, 0.1) is 12.1 Å². The van der Waals surface area contributed by atoms with E-state index in [2.05, 4.69) is 9.97 Å². The molecule has 1 unspecified atom stereocenters. The SMILES string of the molecule is Cc1nccc(OC2CCCN(C(=O)c3cccc(C(F)(F)F)c3)C2)n1. The molecule has 1 amide bonds. The molecule has 1 aromatic carbocycles. The zero-order valence-corrected chi connectivity index (χ0v) is 14.2. The minimum absolute atomic E-state index is 0.0263. The van der Waals surface area contributed by atoms with Crippen LogP contribution in [-0.4, -0.2) is 40.0 Å². The number of benzene rings is 1.